The lowest BCUT2D eigenvalue weighted by Gasteiger charge is -2.30. The lowest BCUT2D eigenvalue weighted by Crippen LogP contribution is -2.45. The van der Waals surface area contributed by atoms with E-state index >= 15 is 0 Å². The van der Waals surface area contributed by atoms with Crippen LogP contribution in [0.4, 0.5) is 8.78 Å². The minimum atomic E-state index is -0.954. The van der Waals surface area contributed by atoms with Crippen molar-refractivity contribution in [2.75, 3.05) is 20.2 Å². The number of benzene rings is 2. The summed E-state index contributed by atoms with van der Waals surface area (Å²) in [6.07, 6.45) is 1.37. The minimum Gasteiger partial charge on any atom is -0.508 e. The van der Waals surface area contributed by atoms with E-state index in [2.05, 4.69) is 4.98 Å². The monoisotopic (exact) mass is 399 g/mol. The SMILES string of the molecule is CN1CC(Cn2cnc(-c3ccc(F)c(F)c3)c2-c2ccc(O)cc2)OCC1=O. The maximum absolute atomic E-state index is 13.8. The zero-order chi connectivity index (χ0) is 20.5. The van der Waals surface area contributed by atoms with Gasteiger partial charge in [-0.2, -0.15) is 0 Å². The van der Waals surface area contributed by atoms with Crippen molar-refractivity contribution >= 4 is 5.91 Å². The molecule has 1 amide bonds. The molecule has 0 radical (unpaired) electrons. The van der Waals surface area contributed by atoms with Gasteiger partial charge in [-0.05, 0) is 42.5 Å². The molecule has 0 saturated carbocycles. The molecular weight excluding hydrogens is 380 g/mol. The van der Waals surface area contributed by atoms with E-state index in [1.54, 1.807) is 42.5 Å². The molecule has 6 nitrogen and oxygen atoms in total. The molecule has 0 bridgehead atoms. The van der Waals surface area contributed by atoms with Gasteiger partial charge < -0.3 is 19.3 Å². The maximum Gasteiger partial charge on any atom is 0.248 e. The normalized spacial score (nSPS) is 17.0. The number of aromatic hydroxyl groups is 1. The van der Waals surface area contributed by atoms with E-state index in [4.69, 9.17) is 4.74 Å². The van der Waals surface area contributed by atoms with Crippen molar-refractivity contribution in [3.05, 3.63) is 60.4 Å². The Bertz CT molecular complexity index is 1050. The summed E-state index contributed by atoms with van der Waals surface area (Å²) in [5.74, 6) is -1.84. The predicted octanol–water partition coefficient (Wildman–Crippen LogP) is 3.06. The molecule has 0 spiro atoms. The van der Waals surface area contributed by atoms with Gasteiger partial charge in [0.2, 0.25) is 5.91 Å². The Kier molecular flexibility index (Phi) is 5.02. The summed E-state index contributed by atoms with van der Waals surface area (Å²) < 4.78 is 34.7. The predicted molar refractivity (Wildman–Crippen MR) is 102 cm³/mol. The molecule has 1 atom stereocenters. The van der Waals surface area contributed by atoms with Gasteiger partial charge in [0, 0.05) is 24.7 Å². The number of carbonyl (C=O) groups excluding carboxylic acids is 1. The van der Waals surface area contributed by atoms with Crippen LogP contribution in [-0.2, 0) is 16.1 Å². The van der Waals surface area contributed by atoms with Crippen LogP contribution in [0.15, 0.2) is 48.8 Å². The van der Waals surface area contributed by atoms with Gasteiger partial charge in [-0.15, -0.1) is 0 Å². The van der Waals surface area contributed by atoms with Crippen molar-refractivity contribution in [2.24, 2.45) is 0 Å². The molecule has 2 aromatic carbocycles. The fourth-order valence-corrected chi connectivity index (χ4v) is 3.39. The third kappa shape index (κ3) is 3.84. The molecule has 1 aliphatic heterocycles. The highest BCUT2D eigenvalue weighted by molar-refractivity contribution is 5.79. The van der Waals surface area contributed by atoms with Crippen LogP contribution < -0.4 is 0 Å². The summed E-state index contributed by atoms with van der Waals surface area (Å²) >= 11 is 0. The molecule has 1 unspecified atom stereocenters. The quantitative estimate of drug-likeness (QED) is 0.732. The fourth-order valence-electron chi connectivity index (χ4n) is 3.39. The molecule has 1 aromatic heterocycles. The Balaban J connectivity index is 1.75. The van der Waals surface area contributed by atoms with Crippen LogP contribution in [0.5, 0.6) is 5.75 Å². The number of phenols is 1. The summed E-state index contributed by atoms with van der Waals surface area (Å²) in [4.78, 5) is 17.7. The summed E-state index contributed by atoms with van der Waals surface area (Å²) in [6.45, 7) is 0.873. The minimum absolute atomic E-state index is 0.0143. The number of carbonyl (C=O) groups is 1. The highest BCUT2D eigenvalue weighted by Gasteiger charge is 2.25. The van der Waals surface area contributed by atoms with Gasteiger partial charge in [0.05, 0.1) is 30.4 Å². The topological polar surface area (TPSA) is 67.6 Å². The maximum atomic E-state index is 13.8. The molecule has 3 aromatic rings. The average Bonchev–Trinajstić information content (AvgIpc) is 3.11. The van der Waals surface area contributed by atoms with E-state index in [-0.39, 0.29) is 24.4 Å². The summed E-state index contributed by atoms with van der Waals surface area (Å²) in [5, 5.41) is 9.62. The van der Waals surface area contributed by atoms with Gasteiger partial charge in [-0.1, -0.05) is 0 Å². The molecular formula is C21H19F2N3O3. The molecule has 1 aliphatic rings. The van der Waals surface area contributed by atoms with Gasteiger partial charge in [0.1, 0.15) is 12.4 Å². The first kappa shape index (κ1) is 19.1. The third-order valence-electron chi connectivity index (χ3n) is 4.92. The number of hydrogen-bond acceptors (Lipinski definition) is 4. The number of rotatable bonds is 4. The van der Waals surface area contributed by atoms with Crippen LogP contribution in [0.3, 0.4) is 0 Å². The first-order chi connectivity index (χ1) is 13.9. The molecule has 29 heavy (non-hydrogen) atoms. The number of ether oxygens (including phenoxy) is 1. The van der Waals surface area contributed by atoms with Crippen molar-refractivity contribution in [1.82, 2.24) is 14.5 Å². The van der Waals surface area contributed by atoms with Crippen molar-refractivity contribution in [3.8, 4) is 28.3 Å². The molecule has 150 valence electrons. The van der Waals surface area contributed by atoms with Crippen LogP contribution in [0, 0.1) is 11.6 Å². The van der Waals surface area contributed by atoms with E-state index in [0.29, 0.717) is 30.0 Å². The lowest BCUT2D eigenvalue weighted by molar-refractivity contribution is -0.147. The van der Waals surface area contributed by atoms with Crippen molar-refractivity contribution < 1.29 is 23.4 Å². The standard InChI is InChI=1S/C21H19F2N3O3/c1-25-9-16(29-11-19(25)28)10-26-12-24-20(14-4-7-17(22)18(23)8-14)21(26)13-2-5-15(27)6-3-13/h2-8,12,16,27H,9-11H2,1H3. The Morgan fingerprint density at radius 1 is 1.14 bits per heavy atom. The van der Waals surface area contributed by atoms with Crippen LogP contribution in [0.2, 0.25) is 0 Å². The summed E-state index contributed by atoms with van der Waals surface area (Å²) in [6, 6.07) is 10.2. The van der Waals surface area contributed by atoms with E-state index in [0.717, 1.165) is 17.7 Å². The van der Waals surface area contributed by atoms with Gasteiger partial charge in [0.15, 0.2) is 11.6 Å². The Morgan fingerprint density at radius 2 is 1.86 bits per heavy atom. The zero-order valence-electron chi connectivity index (χ0n) is 15.7. The number of likely N-dealkylation sites (N-methyl/N-ethyl adjacent to an activating group) is 1. The van der Waals surface area contributed by atoms with Crippen LogP contribution in [0.25, 0.3) is 22.5 Å². The average molecular weight is 399 g/mol. The van der Waals surface area contributed by atoms with Gasteiger partial charge >= 0.3 is 0 Å². The Labute approximate surface area is 166 Å². The number of aromatic nitrogens is 2. The molecule has 2 heterocycles. The number of nitrogens with zero attached hydrogens (tertiary/aromatic N) is 3. The van der Waals surface area contributed by atoms with E-state index in [1.807, 2.05) is 4.57 Å². The number of phenolic OH excluding ortho intramolecular Hbond substituents is 1. The van der Waals surface area contributed by atoms with Crippen LogP contribution >= 0.6 is 0 Å². The molecule has 4 rings (SSSR count). The van der Waals surface area contributed by atoms with E-state index in [9.17, 15) is 18.7 Å². The second kappa shape index (κ2) is 7.63. The fraction of sp³-hybridized carbons (Fsp3) is 0.238. The van der Waals surface area contributed by atoms with Crippen molar-refractivity contribution in [3.63, 3.8) is 0 Å². The molecule has 1 saturated heterocycles. The van der Waals surface area contributed by atoms with Crippen molar-refractivity contribution in [1.29, 1.82) is 0 Å². The van der Waals surface area contributed by atoms with E-state index < -0.39 is 11.6 Å². The highest BCUT2D eigenvalue weighted by Crippen LogP contribution is 2.33. The molecule has 1 N–H and O–H groups in total. The Hall–Kier alpha value is -3.26. The molecule has 0 aliphatic carbocycles. The highest BCUT2D eigenvalue weighted by atomic mass is 19.2. The third-order valence-corrected chi connectivity index (χ3v) is 4.92. The lowest BCUT2D eigenvalue weighted by atomic mass is 10.0. The Morgan fingerprint density at radius 3 is 2.55 bits per heavy atom. The largest absolute Gasteiger partial charge is 0.508 e. The molecule has 8 heteroatoms. The molecule has 1 fully saturated rings. The van der Waals surface area contributed by atoms with Crippen LogP contribution in [-0.4, -0.2) is 51.8 Å². The second-order valence-corrected chi connectivity index (χ2v) is 6.98. The smallest absolute Gasteiger partial charge is 0.248 e. The number of hydrogen-bond donors (Lipinski definition) is 1. The van der Waals surface area contributed by atoms with Gasteiger partial charge in [0.25, 0.3) is 0 Å². The first-order valence-electron chi connectivity index (χ1n) is 9.08. The summed E-state index contributed by atoms with van der Waals surface area (Å²) in [5.41, 5.74) is 2.34. The van der Waals surface area contributed by atoms with Gasteiger partial charge in [-0.3, -0.25) is 4.79 Å². The van der Waals surface area contributed by atoms with Crippen molar-refractivity contribution in [2.45, 2.75) is 12.6 Å². The first-order valence-corrected chi connectivity index (χ1v) is 9.08. The number of amides is 1. The summed E-state index contributed by atoms with van der Waals surface area (Å²) in [7, 11) is 1.72. The number of halogens is 2. The van der Waals surface area contributed by atoms with Crippen LogP contribution in [0.1, 0.15) is 0 Å². The van der Waals surface area contributed by atoms with Gasteiger partial charge in [-0.25, -0.2) is 13.8 Å². The van der Waals surface area contributed by atoms with E-state index in [1.165, 1.54) is 6.07 Å². The number of morpholine rings is 1. The number of imidazole rings is 1. The second-order valence-electron chi connectivity index (χ2n) is 6.98. The zero-order valence-corrected chi connectivity index (χ0v) is 15.7.